The number of ether oxygens (including phenoxy) is 1. The second kappa shape index (κ2) is 9.51. The minimum atomic E-state index is 0.130. The number of hydrogen-bond donors (Lipinski definition) is 0. The maximum Gasteiger partial charge on any atom is 0.237 e. The van der Waals surface area contributed by atoms with Gasteiger partial charge in [0, 0.05) is 23.8 Å². The van der Waals surface area contributed by atoms with Gasteiger partial charge in [-0.05, 0) is 30.5 Å². The highest BCUT2D eigenvalue weighted by Crippen LogP contribution is 2.35. The third kappa shape index (κ3) is 4.54. The Balaban J connectivity index is 1.35. The Labute approximate surface area is 191 Å². The number of hydrogen-bond acceptors (Lipinski definition) is 5. The van der Waals surface area contributed by atoms with Crippen molar-refractivity contribution < 1.29 is 9.53 Å². The van der Waals surface area contributed by atoms with Crippen LogP contribution in [0.2, 0.25) is 0 Å². The second-order valence-electron chi connectivity index (χ2n) is 7.69. The molecule has 3 aromatic rings. The van der Waals surface area contributed by atoms with Gasteiger partial charge in [-0.15, -0.1) is 11.8 Å². The summed E-state index contributed by atoms with van der Waals surface area (Å²) in [5.74, 6) is 1.43. The Bertz CT molecular complexity index is 1050. The first kappa shape index (κ1) is 20.7. The van der Waals surface area contributed by atoms with Crippen LogP contribution in [0.4, 0.5) is 5.69 Å². The number of carbonyl (C=O) groups is 1. The van der Waals surface area contributed by atoms with Crippen molar-refractivity contribution in [2.45, 2.75) is 35.5 Å². The molecule has 7 heteroatoms. The number of para-hydroxylation sites is 1. The van der Waals surface area contributed by atoms with E-state index in [-0.39, 0.29) is 12.0 Å². The molecule has 160 valence electrons. The summed E-state index contributed by atoms with van der Waals surface area (Å²) in [5.41, 5.74) is 3.23. The zero-order chi connectivity index (χ0) is 21.0. The van der Waals surface area contributed by atoms with Crippen molar-refractivity contribution >= 4 is 35.1 Å². The van der Waals surface area contributed by atoms with Gasteiger partial charge < -0.3 is 14.2 Å². The summed E-state index contributed by atoms with van der Waals surface area (Å²) in [4.78, 5) is 20.9. The first-order valence-electron chi connectivity index (χ1n) is 10.7. The van der Waals surface area contributed by atoms with Gasteiger partial charge in [0.2, 0.25) is 5.91 Å². The summed E-state index contributed by atoms with van der Waals surface area (Å²) in [6.07, 6.45) is 4.30. The van der Waals surface area contributed by atoms with Crippen molar-refractivity contribution in [3.8, 4) is 11.3 Å². The summed E-state index contributed by atoms with van der Waals surface area (Å²) < 4.78 is 8.12. The summed E-state index contributed by atoms with van der Waals surface area (Å²) in [6, 6.07) is 18.5. The van der Waals surface area contributed by atoms with E-state index in [0.29, 0.717) is 5.75 Å². The number of imidazole rings is 1. The average Bonchev–Trinajstić information content (AvgIpc) is 3.48. The number of aromatic nitrogens is 2. The number of fused-ring (bicyclic) bond motifs is 1. The monoisotopic (exact) mass is 451 g/mol. The number of benzene rings is 2. The molecule has 0 radical (unpaired) electrons. The average molecular weight is 452 g/mol. The molecule has 0 bridgehead atoms. The zero-order valence-electron chi connectivity index (χ0n) is 17.3. The van der Waals surface area contributed by atoms with Crippen LogP contribution < -0.4 is 4.90 Å². The smallest absolute Gasteiger partial charge is 0.237 e. The maximum absolute atomic E-state index is 13.1. The van der Waals surface area contributed by atoms with E-state index in [1.165, 1.54) is 16.7 Å². The van der Waals surface area contributed by atoms with Gasteiger partial charge in [0.15, 0.2) is 5.16 Å². The highest BCUT2D eigenvalue weighted by atomic mass is 32.2. The molecule has 5 rings (SSSR count). The molecule has 1 atom stereocenters. The maximum atomic E-state index is 13.1. The summed E-state index contributed by atoms with van der Waals surface area (Å²) in [7, 11) is 0. The molecule has 2 aromatic carbocycles. The summed E-state index contributed by atoms with van der Waals surface area (Å²) in [6.45, 7) is 2.35. The van der Waals surface area contributed by atoms with E-state index in [1.54, 1.807) is 0 Å². The number of amides is 1. The molecule has 1 aromatic heterocycles. The fraction of sp³-hybridized carbons (Fsp3) is 0.333. The van der Waals surface area contributed by atoms with E-state index < -0.39 is 0 Å². The molecule has 0 spiro atoms. The van der Waals surface area contributed by atoms with E-state index in [4.69, 9.17) is 9.72 Å². The van der Waals surface area contributed by atoms with Gasteiger partial charge in [-0.1, -0.05) is 54.2 Å². The second-order valence-corrected chi connectivity index (χ2v) is 9.77. The highest BCUT2D eigenvalue weighted by Gasteiger charge is 2.25. The van der Waals surface area contributed by atoms with E-state index >= 15 is 0 Å². The first-order valence-corrected chi connectivity index (χ1v) is 12.6. The normalized spacial score (nSPS) is 18.2. The standard InChI is InChI=1S/C24H25N3O2S2/c28-23(26-12-14-30-22-11-5-4-10-20(22)26)17-31-24-25-15-21(18-7-2-1-3-8-18)27(24)16-19-9-6-13-29-19/h1-5,7-8,10-11,15,19H,6,9,12-14,16-17H2. The molecule has 3 heterocycles. The minimum absolute atomic E-state index is 0.130. The van der Waals surface area contributed by atoms with E-state index in [9.17, 15) is 4.79 Å². The van der Waals surface area contributed by atoms with Crippen molar-refractivity contribution in [3.63, 3.8) is 0 Å². The molecule has 0 N–H and O–H groups in total. The van der Waals surface area contributed by atoms with E-state index in [1.807, 2.05) is 59.3 Å². The van der Waals surface area contributed by atoms with Crippen molar-refractivity contribution in [2.24, 2.45) is 0 Å². The van der Waals surface area contributed by atoms with Gasteiger partial charge in [0.05, 0.1) is 36.0 Å². The highest BCUT2D eigenvalue weighted by molar-refractivity contribution is 8.00. The molecular weight excluding hydrogens is 426 g/mol. The largest absolute Gasteiger partial charge is 0.376 e. The van der Waals surface area contributed by atoms with Crippen molar-refractivity contribution in [1.82, 2.24) is 9.55 Å². The SMILES string of the molecule is O=C(CSc1ncc(-c2ccccc2)n1CC1CCCO1)N1CCSc2ccccc21. The summed E-state index contributed by atoms with van der Waals surface area (Å²) in [5, 5.41) is 0.877. The molecule has 31 heavy (non-hydrogen) atoms. The molecule has 1 fully saturated rings. The van der Waals surface area contributed by atoms with E-state index in [0.717, 1.165) is 60.4 Å². The van der Waals surface area contributed by atoms with Gasteiger partial charge >= 0.3 is 0 Å². The topological polar surface area (TPSA) is 47.4 Å². The molecule has 0 saturated carbocycles. The number of anilines is 1. The van der Waals surface area contributed by atoms with Gasteiger partial charge in [0.25, 0.3) is 0 Å². The molecule has 1 amide bonds. The molecule has 2 aliphatic rings. The quantitative estimate of drug-likeness (QED) is 0.496. The minimum Gasteiger partial charge on any atom is -0.376 e. The van der Waals surface area contributed by atoms with Gasteiger partial charge in [-0.2, -0.15) is 0 Å². The fourth-order valence-corrected chi connectivity index (χ4v) is 5.97. The number of carbonyl (C=O) groups excluding carboxylic acids is 1. The lowest BCUT2D eigenvalue weighted by Gasteiger charge is -2.28. The van der Waals surface area contributed by atoms with Crippen molar-refractivity contribution in [3.05, 3.63) is 60.8 Å². The van der Waals surface area contributed by atoms with Crippen LogP contribution in [0.25, 0.3) is 11.3 Å². The zero-order valence-corrected chi connectivity index (χ0v) is 18.9. The predicted molar refractivity (Wildman–Crippen MR) is 127 cm³/mol. The van der Waals surface area contributed by atoms with Crippen molar-refractivity contribution in [2.75, 3.05) is 29.6 Å². The van der Waals surface area contributed by atoms with Crippen LogP contribution in [-0.2, 0) is 16.1 Å². The fourth-order valence-electron chi connectivity index (χ4n) is 4.11. The Morgan fingerprint density at radius 2 is 2.00 bits per heavy atom. The molecule has 1 unspecified atom stereocenters. The molecule has 2 aliphatic heterocycles. The lowest BCUT2D eigenvalue weighted by molar-refractivity contribution is -0.116. The van der Waals surface area contributed by atoms with Gasteiger partial charge in [-0.3, -0.25) is 4.79 Å². The van der Waals surface area contributed by atoms with Crippen LogP contribution in [0.5, 0.6) is 0 Å². The van der Waals surface area contributed by atoms with Crippen LogP contribution in [0, 0.1) is 0 Å². The molecule has 0 aliphatic carbocycles. The van der Waals surface area contributed by atoms with Gasteiger partial charge in [-0.25, -0.2) is 4.98 Å². The van der Waals surface area contributed by atoms with Crippen LogP contribution in [0.3, 0.4) is 0 Å². The summed E-state index contributed by atoms with van der Waals surface area (Å²) >= 11 is 3.34. The number of rotatable bonds is 6. The third-order valence-corrected chi connectivity index (χ3v) is 7.67. The predicted octanol–water partition coefficient (Wildman–Crippen LogP) is 4.96. The van der Waals surface area contributed by atoms with Gasteiger partial charge in [0.1, 0.15) is 0 Å². The van der Waals surface area contributed by atoms with Crippen LogP contribution in [0.15, 0.2) is 70.8 Å². The first-order chi connectivity index (χ1) is 15.3. The number of nitrogens with zero attached hydrogens (tertiary/aromatic N) is 3. The Morgan fingerprint density at radius 1 is 1.16 bits per heavy atom. The van der Waals surface area contributed by atoms with Crippen LogP contribution in [0.1, 0.15) is 12.8 Å². The third-order valence-electron chi connectivity index (χ3n) is 5.65. The van der Waals surface area contributed by atoms with E-state index in [2.05, 4.69) is 22.8 Å². The Kier molecular flexibility index (Phi) is 6.34. The molecule has 1 saturated heterocycles. The van der Waals surface area contributed by atoms with Crippen LogP contribution in [-0.4, -0.2) is 46.2 Å². The van der Waals surface area contributed by atoms with Crippen molar-refractivity contribution in [1.29, 1.82) is 0 Å². The van der Waals surface area contributed by atoms with Crippen LogP contribution >= 0.6 is 23.5 Å². The molecule has 5 nitrogen and oxygen atoms in total. The molecular formula is C24H25N3O2S2. The number of thioether (sulfide) groups is 2. The Hall–Kier alpha value is -2.22. The lowest BCUT2D eigenvalue weighted by Crippen LogP contribution is -2.36. The Morgan fingerprint density at radius 3 is 2.84 bits per heavy atom. The lowest BCUT2D eigenvalue weighted by atomic mass is 10.1.